The lowest BCUT2D eigenvalue weighted by Gasteiger charge is -2.18. The molecule has 0 aliphatic rings. The van der Waals surface area contributed by atoms with Gasteiger partial charge in [0.1, 0.15) is 5.60 Å². The predicted octanol–water partition coefficient (Wildman–Crippen LogP) is 2.63. The van der Waals surface area contributed by atoms with Crippen LogP contribution in [0.1, 0.15) is 27.7 Å². The summed E-state index contributed by atoms with van der Waals surface area (Å²) in [6, 6.07) is -0.512. The van der Waals surface area contributed by atoms with Gasteiger partial charge in [0, 0.05) is 0 Å². The van der Waals surface area contributed by atoms with E-state index < -0.39 is 11.6 Å². The molecule has 0 rings (SSSR count). The first-order chi connectivity index (χ1) is 3.95. The highest BCUT2D eigenvalue weighted by Gasteiger charge is 2.11. The van der Waals surface area contributed by atoms with Crippen LogP contribution in [0.25, 0.3) is 0 Å². The zero-order chi connectivity index (χ0) is 7.49. The summed E-state index contributed by atoms with van der Waals surface area (Å²) in [6.07, 6.45) is 1.30. The highest BCUT2D eigenvalue weighted by Crippen LogP contribution is 2.13. The van der Waals surface area contributed by atoms with Crippen LogP contribution in [0.5, 0.6) is 0 Å². The van der Waals surface area contributed by atoms with Gasteiger partial charge < -0.3 is 4.74 Å². The molecule has 0 aromatic rings. The topological polar surface area (TPSA) is 9.23 Å². The zero-order valence-corrected chi connectivity index (χ0v) is 6.36. The Balaban J connectivity index is 3.75. The van der Waals surface area contributed by atoms with E-state index >= 15 is 0 Å². The summed E-state index contributed by atoms with van der Waals surface area (Å²) in [5.41, 5.74) is -0.420. The molecule has 0 radical (unpaired) electrons. The van der Waals surface area contributed by atoms with Gasteiger partial charge in [-0.2, -0.15) is 4.39 Å². The first-order valence-electron chi connectivity index (χ1n) is 2.96. The van der Waals surface area contributed by atoms with E-state index in [0.29, 0.717) is 0 Å². The molecule has 0 aliphatic carbocycles. The highest BCUT2D eigenvalue weighted by molar-refractivity contribution is 4.80. The van der Waals surface area contributed by atoms with Crippen molar-refractivity contribution < 1.29 is 9.13 Å². The number of halogens is 1. The van der Waals surface area contributed by atoms with Gasteiger partial charge in [-0.15, -0.1) is 0 Å². The Morgan fingerprint density at radius 1 is 1.44 bits per heavy atom. The normalized spacial score (nSPS) is 13.7. The Morgan fingerprint density at radius 3 is 2.00 bits per heavy atom. The fourth-order valence-electron chi connectivity index (χ4n) is 0.351. The Labute approximate surface area is 55.5 Å². The molecule has 0 heterocycles. The standard InChI is InChI=1S/C7H13FO/c1-5-6(8)9-7(2,3)4/h5H,1-4H3. The van der Waals surface area contributed by atoms with Crippen LogP contribution in [0.3, 0.4) is 0 Å². The molecule has 0 amide bonds. The van der Waals surface area contributed by atoms with Crippen molar-refractivity contribution in [2.75, 3.05) is 0 Å². The van der Waals surface area contributed by atoms with E-state index in [1.54, 1.807) is 27.7 Å². The van der Waals surface area contributed by atoms with Crippen molar-refractivity contribution in [3.05, 3.63) is 12.1 Å². The van der Waals surface area contributed by atoms with E-state index in [0.717, 1.165) is 0 Å². The quantitative estimate of drug-likeness (QED) is 0.498. The Bertz CT molecular complexity index is 111. The van der Waals surface area contributed by atoms with Gasteiger partial charge in [0.25, 0.3) is 6.01 Å². The summed E-state index contributed by atoms with van der Waals surface area (Å²) in [5.74, 6) is 0. The maximum atomic E-state index is 12.3. The van der Waals surface area contributed by atoms with Gasteiger partial charge in [-0.3, -0.25) is 0 Å². The van der Waals surface area contributed by atoms with E-state index in [-0.39, 0.29) is 0 Å². The first kappa shape index (κ1) is 8.47. The predicted molar refractivity (Wildman–Crippen MR) is 35.7 cm³/mol. The molecular formula is C7H13FO. The average molecular weight is 132 g/mol. The number of hydrogen-bond donors (Lipinski definition) is 0. The minimum Gasteiger partial charge on any atom is -0.465 e. The Morgan fingerprint density at radius 2 is 1.89 bits per heavy atom. The fourth-order valence-corrected chi connectivity index (χ4v) is 0.351. The SMILES string of the molecule is CC=C(F)OC(C)(C)C. The van der Waals surface area contributed by atoms with Crippen LogP contribution in [0.15, 0.2) is 12.1 Å². The highest BCUT2D eigenvalue weighted by atomic mass is 19.1. The molecule has 9 heavy (non-hydrogen) atoms. The van der Waals surface area contributed by atoms with Gasteiger partial charge >= 0.3 is 0 Å². The lowest BCUT2D eigenvalue weighted by atomic mass is 10.2. The van der Waals surface area contributed by atoms with Crippen LogP contribution < -0.4 is 0 Å². The summed E-state index contributed by atoms with van der Waals surface area (Å²) < 4.78 is 17.0. The van der Waals surface area contributed by atoms with Crippen LogP contribution in [0.2, 0.25) is 0 Å². The molecule has 2 heteroatoms. The molecule has 0 atom stereocenters. The Kier molecular flexibility index (Phi) is 2.68. The molecule has 0 N–H and O–H groups in total. The monoisotopic (exact) mass is 132 g/mol. The maximum absolute atomic E-state index is 12.3. The number of ether oxygens (including phenoxy) is 1. The van der Waals surface area contributed by atoms with Crippen molar-refractivity contribution in [3.63, 3.8) is 0 Å². The summed E-state index contributed by atoms with van der Waals surface area (Å²) in [7, 11) is 0. The third-order valence-corrected chi connectivity index (χ3v) is 0.631. The number of allylic oxidation sites excluding steroid dienone is 1. The molecule has 0 saturated heterocycles. The van der Waals surface area contributed by atoms with Gasteiger partial charge in [0.2, 0.25) is 0 Å². The van der Waals surface area contributed by atoms with Crippen molar-refractivity contribution in [2.45, 2.75) is 33.3 Å². The van der Waals surface area contributed by atoms with Crippen LogP contribution in [0, 0.1) is 0 Å². The molecule has 0 spiro atoms. The van der Waals surface area contributed by atoms with Crippen LogP contribution in [0.4, 0.5) is 4.39 Å². The van der Waals surface area contributed by atoms with E-state index in [4.69, 9.17) is 4.74 Å². The minimum absolute atomic E-state index is 0.420. The molecule has 0 aliphatic heterocycles. The van der Waals surface area contributed by atoms with Gasteiger partial charge in [0.15, 0.2) is 0 Å². The molecule has 54 valence electrons. The first-order valence-corrected chi connectivity index (χ1v) is 2.96. The van der Waals surface area contributed by atoms with Crippen LogP contribution >= 0.6 is 0 Å². The molecule has 0 fully saturated rings. The van der Waals surface area contributed by atoms with E-state index in [1.165, 1.54) is 6.08 Å². The average Bonchev–Trinajstić information content (AvgIpc) is 1.62. The molecule has 0 unspecified atom stereocenters. The zero-order valence-electron chi connectivity index (χ0n) is 6.36. The van der Waals surface area contributed by atoms with E-state index in [1.807, 2.05) is 0 Å². The molecule has 1 nitrogen and oxygen atoms in total. The third-order valence-electron chi connectivity index (χ3n) is 0.631. The summed E-state index contributed by atoms with van der Waals surface area (Å²) in [5, 5.41) is 0. The molecule has 0 aromatic heterocycles. The van der Waals surface area contributed by atoms with Crippen LogP contribution in [-0.2, 0) is 4.74 Å². The van der Waals surface area contributed by atoms with Gasteiger partial charge in [-0.05, 0) is 33.8 Å². The van der Waals surface area contributed by atoms with Crippen molar-refractivity contribution in [1.29, 1.82) is 0 Å². The largest absolute Gasteiger partial charge is 0.465 e. The van der Waals surface area contributed by atoms with Gasteiger partial charge in [-0.25, -0.2) is 0 Å². The van der Waals surface area contributed by atoms with E-state index in [9.17, 15) is 4.39 Å². The van der Waals surface area contributed by atoms with E-state index in [2.05, 4.69) is 0 Å². The van der Waals surface area contributed by atoms with Crippen molar-refractivity contribution >= 4 is 0 Å². The number of hydrogen-bond acceptors (Lipinski definition) is 1. The lowest BCUT2D eigenvalue weighted by molar-refractivity contribution is 0.0139. The number of rotatable bonds is 1. The molecular weight excluding hydrogens is 119 g/mol. The smallest absolute Gasteiger partial charge is 0.268 e. The minimum atomic E-state index is -0.512. The van der Waals surface area contributed by atoms with Gasteiger partial charge in [0.05, 0.1) is 0 Å². The van der Waals surface area contributed by atoms with Crippen molar-refractivity contribution in [1.82, 2.24) is 0 Å². The van der Waals surface area contributed by atoms with Gasteiger partial charge in [-0.1, -0.05) is 0 Å². The third kappa shape index (κ3) is 5.34. The summed E-state index contributed by atoms with van der Waals surface area (Å²) >= 11 is 0. The maximum Gasteiger partial charge on any atom is 0.268 e. The second-order valence-electron chi connectivity index (χ2n) is 2.81. The van der Waals surface area contributed by atoms with Crippen molar-refractivity contribution in [2.24, 2.45) is 0 Å². The second-order valence-corrected chi connectivity index (χ2v) is 2.81. The second kappa shape index (κ2) is 2.85. The molecule has 0 aromatic carbocycles. The Hall–Kier alpha value is -0.530. The van der Waals surface area contributed by atoms with Crippen molar-refractivity contribution in [3.8, 4) is 0 Å². The fraction of sp³-hybridized carbons (Fsp3) is 0.714. The van der Waals surface area contributed by atoms with Crippen LogP contribution in [-0.4, -0.2) is 5.60 Å². The lowest BCUT2D eigenvalue weighted by Crippen LogP contribution is -2.17. The summed E-state index contributed by atoms with van der Waals surface area (Å²) in [4.78, 5) is 0. The molecule has 0 saturated carbocycles. The summed E-state index contributed by atoms with van der Waals surface area (Å²) in [6.45, 7) is 7.00. The molecule has 0 bridgehead atoms.